The number of nitrogens with one attached hydrogen (secondary N) is 1. The maximum absolute atomic E-state index is 9.37. The molecule has 0 spiro atoms. The first kappa shape index (κ1) is 49.0. The van der Waals surface area contributed by atoms with Crippen LogP contribution in [0.25, 0.3) is 17.2 Å². The third-order valence-electron chi connectivity index (χ3n) is 14.0. The van der Waals surface area contributed by atoms with E-state index in [1.54, 1.807) is 6.92 Å². The predicted molar refractivity (Wildman–Crippen MR) is 287 cm³/mol. The molecule has 2 aromatic carbocycles. The van der Waals surface area contributed by atoms with Crippen molar-refractivity contribution in [1.29, 1.82) is 0 Å². The average Bonchev–Trinajstić information content (AvgIpc) is 4.02. The highest BCUT2D eigenvalue weighted by Crippen LogP contribution is 2.43. The molecule has 5 atom stereocenters. The Kier molecular flexibility index (Phi) is 16.0. The fourth-order valence-corrected chi connectivity index (χ4v) is 12.2. The first-order valence-electron chi connectivity index (χ1n) is 24.7. The first-order valence-corrected chi connectivity index (χ1v) is 26.4. The Labute approximate surface area is 414 Å². The molecule has 2 saturated heterocycles. The van der Waals surface area contributed by atoms with E-state index in [0.717, 1.165) is 58.9 Å². The number of ether oxygens (including phenoxy) is 2. The number of thiophene rings is 1. The molecule has 354 valence electrons. The first-order chi connectivity index (χ1) is 32.3. The second-order valence-electron chi connectivity index (χ2n) is 19.8. The number of nitrogens with zero attached hydrogens (tertiary/aromatic N) is 2. The summed E-state index contributed by atoms with van der Waals surface area (Å²) in [4.78, 5) is 17.9. The molecule has 2 N–H and O–H groups in total. The lowest BCUT2D eigenvalue weighted by Gasteiger charge is -2.33. The number of hydrogen-bond donors (Lipinski definition) is 2. The number of carboxylic acid groups (broad SMARTS) is 1. The monoisotopic (exact) mass is 955 g/mol. The number of para-hydroxylation sites is 1. The molecule has 67 heavy (non-hydrogen) atoms. The van der Waals surface area contributed by atoms with Gasteiger partial charge in [-0.25, -0.2) is 0 Å². The summed E-state index contributed by atoms with van der Waals surface area (Å²) in [6, 6.07) is 18.5. The van der Waals surface area contributed by atoms with E-state index in [-0.39, 0.29) is 30.1 Å². The molecule has 2 aliphatic carbocycles. The topological polar surface area (TPSA) is 74.3 Å². The molecular weight excluding hydrogens is 887 g/mol. The van der Waals surface area contributed by atoms with E-state index in [2.05, 4.69) is 140 Å². The molecule has 0 saturated carbocycles. The summed E-state index contributed by atoms with van der Waals surface area (Å²) in [6.45, 7) is 16.8. The fraction of sp³-hybridized carbons (Fsp3) is 0.456. The fourth-order valence-electron chi connectivity index (χ4n) is 10.4. The van der Waals surface area contributed by atoms with E-state index < -0.39 is 5.97 Å². The zero-order valence-corrected chi connectivity index (χ0v) is 42.8. The van der Waals surface area contributed by atoms with Crippen LogP contribution in [-0.2, 0) is 4.79 Å². The Morgan fingerprint density at radius 2 is 1.66 bits per heavy atom. The van der Waals surface area contributed by atoms with Gasteiger partial charge in [0.2, 0.25) is 0 Å². The molecule has 0 bridgehead atoms. The quantitative estimate of drug-likeness (QED) is 0.204. The number of allylic oxidation sites excluding steroid dienone is 4. The lowest BCUT2D eigenvalue weighted by Crippen LogP contribution is -2.38. The number of piperidine rings is 1. The minimum Gasteiger partial charge on any atom is -0.491 e. The lowest BCUT2D eigenvalue weighted by atomic mass is 9.84. The Morgan fingerprint density at radius 3 is 2.43 bits per heavy atom. The predicted octanol–water partition coefficient (Wildman–Crippen LogP) is 13.2. The van der Waals surface area contributed by atoms with Gasteiger partial charge in [-0.05, 0) is 161 Å². The van der Waals surface area contributed by atoms with Crippen LogP contribution >= 0.6 is 35.8 Å². The van der Waals surface area contributed by atoms with Crippen LogP contribution in [0.15, 0.2) is 107 Å². The van der Waals surface area contributed by atoms with Crippen molar-refractivity contribution in [3.05, 3.63) is 134 Å². The zero-order chi connectivity index (χ0) is 47.2. The van der Waals surface area contributed by atoms with Crippen LogP contribution in [0.5, 0.6) is 11.5 Å². The van der Waals surface area contributed by atoms with Gasteiger partial charge in [0.25, 0.3) is 0 Å². The van der Waals surface area contributed by atoms with Gasteiger partial charge in [-0.1, -0.05) is 105 Å². The average molecular weight is 956 g/mol. The number of carbonyl (C=O) groups is 1. The lowest BCUT2D eigenvalue weighted by molar-refractivity contribution is -0.136. The summed E-state index contributed by atoms with van der Waals surface area (Å²) in [5.41, 5.74) is 11.5. The second kappa shape index (κ2) is 21.9. The number of carboxylic acids is 1. The van der Waals surface area contributed by atoms with Gasteiger partial charge in [-0.15, -0.1) is 11.3 Å². The summed E-state index contributed by atoms with van der Waals surface area (Å²) >= 11 is 13.8. The Hall–Kier alpha value is -4.45. The summed E-state index contributed by atoms with van der Waals surface area (Å²) in [6.07, 6.45) is 27.9. The van der Waals surface area contributed by atoms with Crippen molar-refractivity contribution < 1.29 is 19.4 Å². The summed E-state index contributed by atoms with van der Waals surface area (Å²) in [7, 11) is 0. The Bertz CT molecular complexity index is 2520. The molecule has 7 nitrogen and oxygen atoms in total. The van der Waals surface area contributed by atoms with Gasteiger partial charge in [-0.2, -0.15) is 0 Å². The van der Waals surface area contributed by atoms with E-state index in [1.165, 1.54) is 107 Å². The molecule has 1 aromatic heterocycles. The summed E-state index contributed by atoms with van der Waals surface area (Å²) in [5.74, 6) is 1.25. The van der Waals surface area contributed by atoms with Gasteiger partial charge in [0, 0.05) is 64.0 Å². The van der Waals surface area contributed by atoms with Crippen LogP contribution in [0.3, 0.4) is 0 Å². The van der Waals surface area contributed by atoms with Gasteiger partial charge in [0.05, 0.1) is 12.1 Å². The standard InChI is InChI=1S/C28H33NOS2.C26H30N2OS.C3H6O2/c1-3-19(2)30-23-9-6-7-21(17-23)24-12-13-26-27(28(24)31)25(18-32-26)20-10-11-22-8-4-5-15-29(22)16-14-20;1-26(2,3)29-23-9-5-4-8-20(23)17-10-11-22-21(16-17)24(25(30)27-22)18-12-14-28-13-6-7-19(28)15-18;1-2-3(4)5/h6-7,9,12-14,17-19,22,24H,3-5,8,10-11,15-16H2,1-2H3;4-5,8-12,16,19,22H,6-7,13-15H2,1-3H3,(H,27,30);2H2,1H3,(H,4,5). The molecule has 6 heterocycles. The normalized spacial score (nSPS) is 23.9. The van der Waals surface area contributed by atoms with Gasteiger partial charge in [-0.3, -0.25) is 14.6 Å². The van der Waals surface area contributed by atoms with Crippen LogP contribution < -0.4 is 14.8 Å². The maximum Gasteiger partial charge on any atom is 0.303 e. The van der Waals surface area contributed by atoms with Crippen molar-refractivity contribution in [2.24, 2.45) is 0 Å². The van der Waals surface area contributed by atoms with E-state index in [4.69, 9.17) is 39.0 Å². The SMILES string of the molecule is CC(C)(C)Oc1ccccc1C1=CC2=C(C3=CCN4CCCC4C3)C(=S)NC2C=C1.CCC(=O)O.CCC(C)Oc1cccc(C2C=Cc3scc(C4=CCN5CCCCC5CC4)c3C2=S)c1. The minimum atomic E-state index is -0.745. The minimum absolute atomic E-state index is 0.129. The van der Waals surface area contributed by atoms with Crippen molar-refractivity contribution in [2.45, 2.75) is 141 Å². The molecular formula is C57H69N3O4S3. The number of fused-ring (bicyclic) bond motifs is 4. The van der Waals surface area contributed by atoms with Crippen LogP contribution in [0, 0.1) is 0 Å². The smallest absolute Gasteiger partial charge is 0.303 e. The van der Waals surface area contributed by atoms with Gasteiger partial charge < -0.3 is 19.9 Å². The number of aliphatic carboxylic acids is 1. The number of rotatable bonds is 9. The molecule has 0 radical (unpaired) electrons. The summed E-state index contributed by atoms with van der Waals surface area (Å²) < 4.78 is 12.3. The van der Waals surface area contributed by atoms with E-state index >= 15 is 0 Å². The Morgan fingerprint density at radius 1 is 0.910 bits per heavy atom. The van der Waals surface area contributed by atoms with Crippen molar-refractivity contribution >= 4 is 68.8 Å². The van der Waals surface area contributed by atoms with E-state index in [1.807, 2.05) is 17.4 Å². The number of hydrogen-bond acceptors (Lipinski definition) is 8. The highest BCUT2D eigenvalue weighted by atomic mass is 32.1. The van der Waals surface area contributed by atoms with Crippen molar-refractivity contribution in [2.75, 3.05) is 26.2 Å². The van der Waals surface area contributed by atoms with Gasteiger partial charge in [0.15, 0.2) is 0 Å². The van der Waals surface area contributed by atoms with Crippen molar-refractivity contribution in [1.82, 2.24) is 15.1 Å². The highest BCUT2D eigenvalue weighted by Gasteiger charge is 2.35. The molecule has 5 aliphatic heterocycles. The van der Waals surface area contributed by atoms with Crippen LogP contribution in [-0.4, -0.2) is 86.7 Å². The highest BCUT2D eigenvalue weighted by molar-refractivity contribution is 7.81. The number of benzene rings is 2. The third kappa shape index (κ3) is 11.7. The molecule has 0 amide bonds. The molecule has 10 heteroatoms. The Balaban J connectivity index is 0.000000165. The van der Waals surface area contributed by atoms with E-state index in [9.17, 15) is 4.79 Å². The number of thiocarbonyl (C=S) groups is 2. The van der Waals surface area contributed by atoms with Crippen LogP contribution in [0.2, 0.25) is 0 Å². The second-order valence-corrected chi connectivity index (χ2v) is 21.6. The maximum atomic E-state index is 9.37. The van der Waals surface area contributed by atoms with Gasteiger partial charge >= 0.3 is 5.97 Å². The molecule has 5 unspecified atom stereocenters. The molecule has 3 aromatic rings. The summed E-state index contributed by atoms with van der Waals surface area (Å²) in [5, 5.41) is 13.6. The molecule has 7 aliphatic rings. The van der Waals surface area contributed by atoms with Gasteiger partial charge in [0.1, 0.15) is 22.1 Å². The van der Waals surface area contributed by atoms with Crippen LogP contribution in [0.4, 0.5) is 0 Å². The van der Waals surface area contributed by atoms with E-state index in [0.29, 0.717) is 6.04 Å². The van der Waals surface area contributed by atoms with Crippen molar-refractivity contribution in [3.63, 3.8) is 0 Å². The molecule has 2 fully saturated rings. The molecule has 10 rings (SSSR count). The largest absolute Gasteiger partial charge is 0.491 e. The zero-order valence-electron chi connectivity index (χ0n) is 40.3. The third-order valence-corrected chi connectivity index (χ3v) is 15.7. The van der Waals surface area contributed by atoms with Crippen LogP contribution in [0.1, 0.15) is 139 Å². The van der Waals surface area contributed by atoms with Crippen molar-refractivity contribution in [3.8, 4) is 11.5 Å².